The Hall–Kier alpha value is -1.20. The third-order valence-electron chi connectivity index (χ3n) is 1.87. The van der Waals surface area contributed by atoms with E-state index in [2.05, 4.69) is 21.2 Å². The van der Waals surface area contributed by atoms with E-state index in [0.29, 0.717) is 18.7 Å². The highest BCUT2D eigenvalue weighted by Gasteiger charge is 2.06. The normalized spacial score (nSPS) is 10.7. The number of carbonyl (C=O) groups excluding carboxylic acids is 1. The van der Waals surface area contributed by atoms with E-state index in [-0.39, 0.29) is 16.2 Å². The molecule has 0 radical (unpaired) electrons. The molecule has 0 atom stereocenters. The molecule has 1 aromatic carbocycles. The second kappa shape index (κ2) is 6.40. The molecule has 3 nitrogen and oxygen atoms in total. The molecule has 1 aromatic rings. The maximum absolute atomic E-state index is 12.9. The summed E-state index contributed by atoms with van der Waals surface area (Å²) < 4.78 is 13.2. The summed E-state index contributed by atoms with van der Waals surface area (Å²) in [6.07, 6.45) is 3.51. The lowest BCUT2D eigenvalue weighted by atomic mass is 10.2. The molecule has 5 heteroatoms. The lowest BCUT2D eigenvalue weighted by Gasteiger charge is -2.03. The van der Waals surface area contributed by atoms with Gasteiger partial charge in [-0.05, 0) is 34.1 Å². The number of rotatable bonds is 4. The standard InChI is InChI=1S/C11H12BrFN2O/c12-9-7-8(3-4-10(9)13)11(16)15-6-2-1-5-14/h1-4,7H,5-6,14H2,(H,15,16)/b2-1+. The molecule has 1 rings (SSSR count). The van der Waals surface area contributed by atoms with Crippen LogP contribution in [-0.2, 0) is 0 Å². The van der Waals surface area contributed by atoms with E-state index in [0.717, 1.165) is 0 Å². The van der Waals surface area contributed by atoms with Crippen molar-refractivity contribution in [2.75, 3.05) is 13.1 Å². The Balaban J connectivity index is 2.59. The van der Waals surface area contributed by atoms with Gasteiger partial charge in [0.05, 0.1) is 4.47 Å². The smallest absolute Gasteiger partial charge is 0.251 e. The van der Waals surface area contributed by atoms with Gasteiger partial charge in [0, 0.05) is 18.7 Å². The van der Waals surface area contributed by atoms with Crippen LogP contribution in [0.1, 0.15) is 10.4 Å². The van der Waals surface area contributed by atoms with Crippen molar-refractivity contribution < 1.29 is 9.18 Å². The molecule has 1 amide bonds. The Bertz CT molecular complexity index is 407. The SMILES string of the molecule is NC/C=C/CNC(=O)c1ccc(F)c(Br)c1. The topological polar surface area (TPSA) is 55.1 Å². The molecule has 0 aliphatic rings. The Morgan fingerprint density at radius 1 is 1.50 bits per heavy atom. The van der Waals surface area contributed by atoms with E-state index < -0.39 is 0 Å². The molecule has 0 fully saturated rings. The van der Waals surface area contributed by atoms with Crippen LogP contribution < -0.4 is 11.1 Å². The second-order valence-corrected chi connectivity index (χ2v) is 3.90. The number of carbonyl (C=O) groups is 1. The summed E-state index contributed by atoms with van der Waals surface area (Å²) in [5, 5.41) is 2.66. The molecule has 0 aliphatic carbocycles. The van der Waals surface area contributed by atoms with E-state index in [1.54, 1.807) is 12.2 Å². The van der Waals surface area contributed by atoms with Crippen molar-refractivity contribution in [1.82, 2.24) is 5.32 Å². The molecule has 0 bridgehead atoms. The highest BCUT2D eigenvalue weighted by molar-refractivity contribution is 9.10. The number of benzene rings is 1. The third kappa shape index (κ3) is 3.75. The quantitative estimate of drug-likeness (QED) is 0.830. The number of amides is 1. The van der Waals surface area contributed by atoms with E-state index in [1.165, 1.54) is 18.2 Å². The number of hydrogen-bond acceptors (Lipinski definition) is 2. The summed E-state index contributed by atoms with van der Waals surface area (Å²) in [5.74, 6) is -0.637. The van der Waals surface area contributed by atoms with Gasteiger partial charge in [-0.3, -0.25) is 4.79 Å². The Morgan fingerprint density at radius 2 is 2.25 bits per heavy atom. The molecular formula is C11H12BrFN2O. The van der Waals surface area contributed by atoms with Gasteiger partial charge < -0.3 is 11.1 Å². The predicted molar refractivity (Wildman–Crippen MR) is 64.6 cm³/mol. The number of halogens is 2. The van der Waals surface area contributed by atoms with Crippen LogP contribution in [0.5, 0.6) is 0 Å². The molecule has 0 aromatic heterocycles. The van der Waals surface area contributed by atoms with Crippen molar-refractivity contribution >= 4 is 21.8 Å². The van der Waals surface area contributed by atoms with Gasteiger partial charge in [-0.2, -0.15) is 0 Å². The highest BCUT2D eigenvalue weighted by Crippen LogP contribution is 2.16. The predicted octanol–water partition coefficient (Wildman–Crippen LogP) is 1.83. The van der Waals surface area contributed by atoms with Crippen LogP contribution in [0.25, 0.3) is 0 Å². The van der Waals surface area contributed by atoms with Gasteiger partial charge in [-0.25, -0.2) is 4.39 Å². The van der Waals surface area contributed by atoms with Gasteiger partial charge >= 0.3 is 0 Å². The van der Waals surface area contributed by atoms with Crippen LogP contribution in [-0.4, -0.2) is 19.0 Å². The third-order valence-corrected chi connectivity index (χ3v) is 2.47. The molecule has 3 N–H and O–H groups in total. The van der Waals surface area contributed by atoms with Crippen molar-refractivity contribution in [3.63, 3.8) is 0 Å². The molecule has 0 saturated heterocycles. The van der Waals surface area contributed by atoms with Crippen LogP contribution >= 0.6 is 15.9 Å². The zero-order valence-corrected chi connectivity index (χ0v) is 10.1. The van der Waals surface area contributed by atoms with Gasteiger partial charge in [0.2, 0.25) is 0 Å². The molecule has 0 saturated carbocycles. The Kier molecular flexibility index (Phi) is 5.14. The van der Waals surface area contributed by atoms with Gasteiger partial charge in [-0.1, -0.05) is 12.2 Å². The Labute approximate surface area is 102 Å². The van der Waals surface area contributed by atoms with Crippen LogP contribution in [0.3, 0.4) is 0 Å². The summed E-state index contributed by atoms with van der Waals surface area (Å²) in [4.78, 5) is 11.6. The highest BCUT2D eigenvalue weighted by atomic mass is 79.9. The first-order valence-electron chi connectivity index (χ1n) is 4.73. The Morgan fingerprint density at radius 3 is 2.88 bits per heavy atom. The summed E-state index contributed by atoms with van der Waals surface area (Å²) in [7, 11) is 0. The summed E-state index contributed by atoms with van der Waals surface area (Å²) in [5.41, 5.74) is 5.66. The van der Waals surface area contributed by atoms with Crippen LogP contribution in [0.4, 0.5) is 4.39 Å². The monoisotopic (exact) mass is 286 g/mol. The largest absolute Gasteiger partial charge is 0.349 e. The van der Waals surface area contributed by atoms with Crippen molar-refractivity contribution in [3.05, 3.63) is 46.2 Å². The summed E-state index contributed by atoms with van der Waals surface area (Å²) >= 11 is 3.02. The number of hydrogen-bond donors (Lipinski definition) is 2. The van der Waals surface area contributed by atoms with Crippen LogP contribution in [0, 0.1) is 5.82 Å². The minimum atomic E-state index is -0.389. The van der Waals surface area contributed by atoms with E-state index in [9.17, 15) is 9.18 Å². The second-order valence-electron chi connectivity index (χ2n) is 3.05. The minimum absolute atomic E-state index is 0.248. The van der Waals surface area contributed by atoms with Gasteiger partial charge in [-0.15, -0.1) is 0 Å². The first kappa shape index (κ1) is 12.9. The van der Waals surface area contributed by atoms with E-state index in [1.807, 2.05) is 0 Å². The molecule has 0 spiro atoms. The minimum Gasteiger partial charge on any atom is -0.349 e. The van der Waals surface area contributed by atoms with Crippen molar-refractivity contribution in [3.8, 4) is 0 Å². The molecular weight excluding hydrogens is 275 g/mol. The van der Waals surface area contributed by atoms with E-state index in [4.69, 9.17) is 5.73 Å². The average molecular weight is 287 g/mol. The maximum atomic E-state index is 12.9. The zero-order valence-electron chi connectivity index (χ0n) is 8.54. The van der Waals surface area contributed by atoms with Gasteiger partial charge in [0.1, 0.15) is 5.82 Å². The lowest BCUT2D eigenvalue weighted by molar-refractivity contribution is 0.0958. The fourth-order valence-electron chi connectivity index (χ4n) is 1.07. The lowest BCUT2D eigenvalue weighted by Crippen LogP contribution is -2.23. The first-order valence-corrected chi connectivity index (χ1v) is 5.52. The molecule has 0 heterocycles. The zero-order chi connectivity index (χ0) is 12.0. The van der Waals surface area contributed by atoms with Crippen molar-refractivity contribution in [1.29, 1.82) is 0 Å². The van der Waals surface area contributed by atoms with Gasteiger partial charge in [0.25, 0.3) is 5.91 Å². The van der Waals surface area contributed by atoms with Crippen molar-refractivity contribution in [2.45, 2.75) is 0 Å². The van der Waals surface area contributed by atoms with Crippen LogP contribution in [0.2, 0.25) is 0 Å². The fourth-order valence-corrected chi connectivity index (χ4v) is 1.45. The molecule has 0 aliphatic heterocycles. The molecule has 86 valence electrons. The summed E-state index contributed by atoms with van der Waals surface area (Å²) in [6.45, 7) is 0.850. The van der Waals surface area contributed by atoms with E-state index >= 15 is 0 Å². The van der Waals surface area contributed by atoms with Crippen LogP contribution in [0.15, 0.2) is 34.8 Å². The fraction of sp³-hybridized carbons (Fsp3) is 0.182. The average Bonchev–Trinajstić information content (AvgIpc) is 2.28. The maximum Gasteiger partial charge on any atom is 0.251 e. The number of nitrogens with one attached hydrogen (secondary N) is 1. The van der Waals surface area contributed by atoms with Crippen molar-refractivity contribution in [2.24, 2.45) is 5.73 Å². The molecule has 16 heavy (non-hydrogen) atoms. The molecule has 0 unspecified atom stereocenters. The number of nitrogens with two attached hydrogens (primary N) is 1. The summed E-state index contributed by atoms with van der Waals surface area (Å²) in [6, 6.07) is 4.12. The first-order chi connectivity index (χ1) is 7.65. The van der Waals surface area contributed by atoms with Gasteiger partial charge in [0.15, 0.2) is 0 Å².